The fourth-order valence-corrected chi connectivity index (χ4v) is 5.46. The quantitative estimate of drug-likeness (QED) is 0.233. The van der Waals surface area contributed by atoms with Crippen LogP contribution in [0.15, 0.2) is 88.4 Å². The van der Waals surface area contributed by atoms with E-state index >= 15 is 0 Å². The predicted octanol–water partition coefficient (Wildman–Crippen LogP) is 5.78. The smallest absolute Gasteiger partial charge is 0.234 e. The number of anilines is 1. The minimum Gasteiger partial charge on any atom is -0.497 e. The standard InChI is InChI=1S/C29H28BrN5O3S/c1-37-22-13-7-18(8-14-22)25-16-26(23-15-19-5-3-4-6-24(19)33-28(23)38-2)35(34-25)29(31)39-17-27(36)32-21-11-9-20(30)10-12-21/h3-15,26,29H,16-17,31H2,1-2H3,(H,32,36). The summed E-state index contributed by atoms with van der Waals surface area (Å²) in [4.78, 5) is 17.4. The van der Waals surface area contributed by atoms with Crippen LogP contribution in [0.1, 0.15) is 23.6 Å². The molecule has 0 aliphatic carbocycles. The number of thioether (sulfide) groups is 1. The summed E-state index contributed by atoms with van der Waals surface area (Å²) in [5, 5.41) is 10.7. The molecule has 0 radical (unpaired) electrons. The molecule has 1 aliphatic rings. The van der Waals surface area contributed by atoms with Crippen molar-refractivity contribution in [3.63, 3.8) is 0 Å². The molecule has 3 aromatic carbocycles. The molecule has 200 valence electrons. The van der Waals surface area contributed by atoms with Crippen molar-refractivity contribution >= 4 is 55.9 Å². The number of carbonyl (C=O) groups excluding carboxylic acids is 1. The lowest BCUT2D eigenvalue weighted by Gasteiger charge is -2.29. The largest absolute Gasteiger partial charge is 0.497 e. The Balaban J connectivity index is 1.41. The number of fused-ring (bicyclic) bond motifs is 1. The van der Waals surface area contributed by atoms with E-state index in [0.717, 1.165) is 43.7 Å². The summed E-state index contributed by atoms with van der Waals surface area (Å²) in [5.74, 6) is 1.33. The van der Waals surface area contributed by atoms with Crippen LogP contribution in [0.3, 0.4) is 0 Å². The van der Waals surface area contributed by atoms with Crippen LogP contribution >= 0.6 is 27.7 Å². The molecule has 4 aromatic rings. The molecule has 10 heteroatoms. The second kappa shape index (κ2) is 12.1. The molecule has 39 heavy (non-hydrogen) atoms. The third kappa shape index (κ3) is 6.19. The van der Waals surface area contributed by atoms with Gasteiger partial charge < -0.3 is 20.5 Å². The van der Waals surface area contributed by atoms with Gasteiger partial charge in [-0.2, -0.15) is 5.10 Å². The van der Waals surface area contributed by atoms with Gasteiger partial charge in [-0.25, -0.2) is 4.98 Å². The van der Waals surface area contributed by atoms with E-state index in [-0.39, 0.29) is 17.7 Å². The number of hydrogen-bond donors (Lipinski definition) is 2. The van der Waals surface area contributed by atoms with Gasteiger partial charge in [0.15, 0.2) is 0 Å². The van der Waals surface area contributed by atoms with Crippen molar-refractivity contribution in [2.45, 2.75) is 18.0 Å². The topological polar surface area (TPSA) is 102 Å². The summed E-state index contributed by atoms with van der Waals surface area (Å²) in [6, 6.07) is 25.0. The maximum absolute atomic E-state index is 12.7. The van der Waals surface area contributed by atoms with Gasteiger partial charge in [0.1, 0.15) is 11.2 Å². The zero-order valence-corrected chi connectivity index (χ0v) is 23.9. The summed E-state index contributed by atoms with van der Waals surface area (Å²) in [6.07, 6.45) is 0.599. The van der Waals surface area contributed by atoms with E-state index in [1.54, 1.807) is 14.2 Å². The first-order chi connectivity index (χ1) is 18.9. The first kappa shape index (κ1) is 27.0. The van der Waals surface area contributed by atoms with Crippen LogP contribution in [0.4, 0.5) is 5.69 Å². The minimum atomic E-state index is -0.586. The van der Waals surface area contributed by atoms with E-state index < -0.39 is 5.50 Å². The maximum atomic E-state index is 12.7. The van der Waals surface area contributed by atoms with Crippen LogP contribution in [0, 0.1) is 0 Å². The van der Waals surface area contributed by atoms with E-state index in [1.807, 2.05) is 77.8 Å². The Labute approximate surface area is 239 Å². The zero-order chi connectivity index (χ0) is 27.4. The zero-order valence-electron chi connectivity index (χ0n) is 21.5. The fraction of sp³-hybridized carbons (Fsp3) is 0.207. The number of halogens is 1. The lowest BCUT2D eigenvalue weighted by molar-refractivity contribution is -0.113. The highest BCUT2D eigenvalue weighted by Gasteiger charge is 2.35. The van der Waals surface area contributed by atoms with Crippen molar-refractivity contribution in [2.24, 2.45) is 10.8 Å². The molecule has 8 nitrogen and oxygen atoms in total. The summed E-state index contributed by atoms with van der Waals surface area (Å²) < 4.78 is 12.0. The van der Waals surface area contributed by atoms with Gasteiger partial charge in [0.25, 0.3) is 0 Å². The minimum absolute atomic E-state index is 0.141. The first-order valence-corrected chi connectivity index (χ1v) is 14.2. The number of aromatic nitrogens is 1. The first-order valence-electron chi connectivity index (χ1n) is 12.3. The normalized spacial score (nSPS) is 15.6. The van der Waals surface area contributed by atoms with Crippen molar-refractivity contribution in [1.82, 2.24) is 9.99 Å². The highest BCUT2D eigenvalue weighted by molar-refractivity contribution is 9.10. The molecular formula is C29H28BrN5O3S. The molecule has 0 saturated heterocycles. The van der Waals surface area contributed by atoms with E-state index in [4.69, 9.17) is 25.3 Å². The van der Waals surface area contributed by atoms with Crippen LogP contribution in [0.2, 0.25) is 0 Å². The van der Waals surface area contributed by atoms with Gasteiger partial charge in [-0.15, -0.1) is 11.8 Å². The van der Waals surface area contributed by atoms with Crippen molar-refractivity contribution in [3.05, 3.63) is 94.5 Å². The summed E-state index contributed by atoms with van der Waals surface area (Å²) in [7, 11) is 3.26. The molecular weight excluding hydrogens is 578 g/mol. The maximum Gasteiger partial charge on any atom is 0.234 e. The second-order valence-electron chi connectivity index (χ2n) is 8.91. The highest BCUT2D eigenvalue weighted by Crippen LogP contribution is 2.40. The molecule has 0 bridgehead atoms. The van der Waals surface area contributed by atoms with Gasteiger partial charge in [0.05, 0.1) is 37.2 Å². The number of hydrogen-bond acceptors (Lipinski definition) is 8. The van der Waals surface area contributed by atoms with Gasteiger partial charge in [0, 0.05) is 27.5 Å². The van der Waals surface area contributed by atoms with E-state index in [2.05, 4.69) is 27.3 Å². The van der Waals surface area contributed by atoms with E-state index in [1.165, 1.54) is 11.8 Å². The molecule has 1 aromatic heterocycles. The number of methoxy groups -OCH3 is 2. The number of para-hydroxylation sites is 1. The van der Waals surface area contributed by atoms with Crippen molar-refractivity contribution in [1.29, 1.82) is 0 Å². The molecule has 3 N–H and O–H groups in total. The number of benzene rings is 3. The molecule has 2 heterocycles. The Morgan fingerprint density at radius 3 is 2.56 bits per heavy atom. The molecule has 0 fully saturated rings. The number of amides is 1. The number of nitrogens with two attached hydrogens (primary N) is 1. The highest BCUT2D eigenvalue weighted by atomic mass is 79.9. The van der Waals surface area contributed by atoms with Gasteiger partial charge >= 0.3 is 0 Å². The van der Waals surface area contributed by atoms with E-state index in [0.29, 0.717) is 12.3 Å². The SMILES string of the molecule is COc1ccc(C2=NN(C(N)SCC(=O)Nc3ccc(Br)cc3)C(c3cc4ccccc4nc3OC)C2)cc1. The monoisotopic (exact) mass is 605 g/mol. The van der Waals surface area contributed by atoms with Gasteiger partial charge in [0.2, 0.25) is 11.8 Å². The molecule has 0 spiro atoms. The third-order valence-electron chi connectivity index (χ3n) is 6.41. The Hall–Kier alpha value is -3.60. The summed E-state index contributed by atoms with van der Waals surface area (Å²) in [6.45, 7) is 0. The van der Waals surface area contributed by atoms with Crippen LogP contribution in [0.5, 0.6) is 11.6 Å². The van der Waals surface area contributed by atoms with Crippen molar-refractivity contribution in [3.8, 4) is 11.6 Å². The van der Waals surface area contributed by atoms with Gasteiger partial charge in [-0.05, 0) is 66.2 Å². The van der Waals surface area contributed by atoms with Gasteiger partial charge in [-0.3, -0.25) is 9.80 Å². The van der Waals surface area contributed by atoms with Crippen LogP contribution in [-0.4, -0.2) is 47.1 Å². The predicted molar refractivity (Wildman–Crippen MR) is 160 cm³/mol. The molecule has 1 amide bonds. The Morgan fingerprint density at radius 1 is 1.10 bits per heavy atom. The van der Waals surface area contributed by atoms with Gasteiger partial charge in [-0.1, -0.05) is 34.1 Å². The molecule has 5 rings (SSSR count). The van der Waals surface area contributed by atoms with Crippen LogP contribution < -0.4 is 20.5 Å². The average molecular weight is 607 g/mol. The number of rotatable bonds is 9. The summed E-state index contributed by atoms with van der Waals surface area (Å²) >= 11 is 4.72. The van der Waals surface area contributed by atoms with E-state index in [9.17, 15) is 4.79 Å². The van der Waals surface area contributed by atoms with Crippen molar-refractivity contribution in [2.75, 3.05) is 25.3 Å². The third-order valence-corrected chi connectivity index (χ3v) is 7.92. The Morgan fingerprint density at radius 2 is 1.85 bits per heavy atom. The number of pyridine rings is 1. The lowest BCUT2D eigenvalue weighted by Crippen LogP contribution is -2.37. The summed E-state index contributed by atoms with van der Waals surface area (Å²) in [5.41, 5.74) is 10.4. The Kier molecular flexibility index (Phi) is 8.35. The lowest BCUT2D eigenvalue weighted by atomic mass is 9.98. The average Bonchev–Trinajstić information content (AvgIpc) is 3.42. The number of carbonyl (C=O) groups is 1. The Bertz CT molecular complexity index is 1500. The molecule has 0 saturated carbocycles. The van der Waals surface area contributed by atoms with Crippen molar-refractivity contribution < 1.29 is 14.3 Å². The molecule has 2 atom stereocenters. The molecule has 1 aliphatic heterocycles. The number of hydrazone groups is 1. The number of ether oxygens (including phenoxy) is 2. The second-order valence-corrected chi connectivity index (χ2v) is 10.9. The molecule has 2 unspecified atom stereocenters. The van der Waals surface area contributed by atoms with Crippen LogP contribution in [0.25, 0.3) is 10.9 Å². The number of nitrogens with zero attached hydrogens (tertiary/aromatic N) is 3. The number of nitrogens with one attached hydrogen (secondary N) is 1. The van der Waals surface area contributed by atoms with Crippen LogP contribution in [-0.2, 0) is 4.79 Å². The fourth-order valence-electron chi connectivity index (χ4n) is 4.46.